The van der Waals surface area contributed by atoms with Crippen molar-refractivity contribution in [1.29, 1.82) is 5.26 Å². The van der Waals surface area contributed by atoms with Crippen LogP contribution in [-0.2, 0) is 9.53 Å². The lowest BCUT2D eigenvalue weighted by Gasteiger charge is -2.05. The van der Waals surface area contributed by atoms with E-state index in [0.29, 0.717) is 11.1 Å². The first-order chi connectivity index (χ1) is 10.9. The maximum Gasteiger partial charge on any atom is 0.310 e. The molecule has 2 rings (SSSR count). The van der Waals surface area contributed by atoms with Gasteiger partial charge in [-0.2, -0.15) is 5.26 Å². The van der Waals surface area contributed by atoms with E-state index in [0.717, 1.165) is 0 Å². The van der Waals surface area contributed by atoms with Crippen LogP contribution >= 0.6 is 0 Å². The fourth-order valence-corrected chi connectivity index (χ4v) is 2.85. The molecular weight excluding hydrogens is 290 g/mol. The molecule has 4 heteroatoms. The molecule has 2 atom stereocenters. The molecule has 1 saturated carbocycles. The second-order valence-electron chi connectivity index (χ2n) is 6.49. The lowest BCUT2D eigenvalue weighted by molar-refractivity contribution is -0.146. The highest BCUT2D eigenvalue weighted by molar-refractivity contribution is 5.96. The van der Waals surface area contributed by atoms with Gasteiger partial charge in [-0.05, 0) is 18.3 Å². The number of hydrogen-bond donors (Lipinski definition) is 0. The van der Waals surface area contributed by atoms with Crippen molar-refractivity contribution < 1.29 is 14.3 Å². The summed E-state index contributed by atoms with van der Waals surface area (Å²) in [4.78, 5) is 24.1. The average molecular weight is 311 g/mol. The fraction of sp³-hybridized carbons (Fsp3) is 0.421. The van der Waals surface area contributed by atoms with Gasteiger partial charge in [0, 0.05) is 17.6 Å². The molecule has 0 aromatic heterocycles. The third-order valence-electron chi connectivity index (χ3n) is 4.44. The highest BCUT2D eigenvalue weighted by atomic mass is 16.5. The summed E-state index contributed by atoms with van der Waals surface area (Å²) < 4.78 is 5.27. The lowest BCUT2D eigenvalue weighted by Crippen LogP contribution is -2.14. The molecule has 1 aromatic carbocycles. The number of benzene rings is 1. The number of carbonyl (C=O) groups excluding carboxylic acids is 2. The first kappa shape index (κ1) is 17.0. The quantitative estimate of drug-likeness (QED) is 0.458. The van der Waals surface area contributed by atoms with Crippen molar-refractivity contribution in [2.45, 2.75) is 27.2 Å². The summed E-state index contributed by atoms with van der Waals surface area (Å²) >= 11 is 0. The molecule has 0 heterocycles. The van der Waals surface area contributed by atoms with Crippen molar-refractivity contribution in [2.75, 3.05) is 6.61 Å². The van der Waals surface area contributed by atoms with Gasteiger partial charge in [0.1, 0.15) is 0 Å². The first-order valence-corrected chi connectivity index (χ1v) is 7.71. The van der Waals surface area contributed by atoms with Crippen LogP contribution in [0.1, 0.15) is 37.6 Å². The molecular formula is C19H21NO3. The molecule has 0 bridgehead atoms. The van der Waals surface area contributed by atoms with Crippen molar-refractivity contribution in [1.82, 2.24) is 0 Å². The minimum absolute atomic E-state index is 0.0273. The van der Waals surface area contributed by atoms with E-state index in [-0.39, 0.29) is 42.0 Å². The van der Waals surface area contributed by atoms with E-state index in [1.54, 1.807) is 31.2 Å². The summed E-state index contributed by atoms with van der Waals surface area (Å²) in [6.07, 6.45) is 2.02. The van der Waals surface area contributed by atoms with Gasteiger partial charge in [0.05, 0.1) is 18.6 Å². The molecule has 23 heavy (non-hydrogen) atoms. The predicted octanol–water partition coefficient (Wildman–Crippen LogP) is 3.54. The van der Waals surface area contributed by atoms with Crippen molar-refractivity contribution in [2.24, 2.45) is 17.3 Å². The molecule has 0 radical (unpaired) electrons. The van der Waals surface area contributed by atoms with E-state index < -0.39 is 0 Å². The molecule has 0 spiro atoms. The number of carbonyl (C=O) groups is 2. The standard InChI is InChI=1S/C19H21NO3/c1-13(12-20)11-15-17(19(15,2)3)18(22)23-10-9-16(21)14-7-5-4-6-8-14/h4-8,11,15,17H,9-10H2,1-3H3. The Morgan fingerprint density at radius 2 is 1.96 bits per heavy atom. The lowest BCUT2D eigenvalue weighted by atomic mass is 10.1. The molecule has 0 aliphatic heterocycles. The normalized spacial score (nSPS) is 22.1. The van der Waals surface area contributed by atoms with Gasteiger partial charge >= 0.3 is 5.97 Å². The van der Waals surface area contributed by atoms with E-state index in [1.165, 1.54) is 0 Å². The zero-order valence-electron chi connectivity index (χ0n) is 13.7. The van der Waals surface area contributed by atoms with Gasteiger partial charge in [0.25, 0.3) is 0 Å². The molecule has 0 saturated heterocycles. The van der Waals surface area contributed by atoms with E-state index in [1.807, 2.05) is 26.0 Å². The summed E-state index contributed by atoms with van der Waals surface area (Å²) in [7, 11) is 0. The zero-order valence-corrected chi connectivity index (χ0v) is 13.7. The molecule has 2 unspecified atom stereocenters. The van der Waals surface area contributed by atoms with Crippen molar-refractivity contribution >= 4 is 11.8 Å². The smallest absolute Gasteiger partial charge is 0.310 e. The average Bonchev–Trinajstić information content (AvgIpc) is 3.08. The van der Waals surface area contributed by atoms with E-state index in [4.69, 9.17) is 10.00 Å². The van der Waals surface area contributed by atoms with Gasteiger partial charge in [0.15, 0.2) is 5.78 Å². The number of nitrogens with zero attached hydrogens (tertiary/aromatic N) is 1. The molecule has 1 aromatic rings. The van der Waals surface area contributed by atoms with Crippen LogP contribution in [0.3, 0.4) is 0 Å². The highest BCUT2D eigenvalue weighted by Crippen LogP contribution is 2.59. The number of nitriles is 1. The summed E-state index contributed by atoms with van der Waals surface area (Å²) in [5, 5.41) is 8.85. The summed E-state index contributed by atoms with van der Waals surface area (Å²) in [6, 6.07) is 11.0. The Morgan fingerprint density at radius 1 is 1.30 bits per heavy atom. The number of rotatable bonds is 6. The van der Waals surface area contributed by atoms with E-state index >= 15 is 0 Å². The minimum atomic E-state index is -0.289. The van der Waals surface area contributed by atoms with Gasteiger partial charge in [-0.3, -0.25) is 9.59 Å². The molecule has 1 aliphatic rings. The second-order valence-corrected chi connectivity index (χ2v) is 6.49. The number of esters is 1. The maximum absolute atomic E-state index is 12.2. The van der Waals surface area contributed by atoms with Crippen LogP contribution in [0.15, 0.2) is 42.0 Å². The van der Waals surface area contributed by atoms with Gasteiger partial charge in [-0.1, -0.05) is 50.3 Å². The molecule has 0 N–H and O–H groups in total. The summed E-state index contributed by atoms with van der Waals surface area (Å²) in [5.41, 5.74) is 1.04. The third-order valence-corrected chi connectivity index (χ3v) is 4.44. The van der Waals surface area contributed by atoms with Crippen molar-refractivity contribution in [3.8, 4) is 6.07 Å². The van der Waals surface area contributed by atoms with Crippen LogP contribution in [0.4, 0.5) is 0 Å². The Labute approximate surface area is 136 Å². The summed E-state index contributed by atoms with van der Waals surface area (Å²) in [5.74, 6) is -0.537. The fourth-order valence-electron chi connectivity index (χ4n) is 2.85. The highest BCUT2D eigenvalue weighted by Gasteiger charge is 2.61. The number of ether oxygens (including phenoxy) is 1. The molecule has 1 fully saturated rings. The number of Topliss-reactive ketones (excluding diaryl/α,β-unsaturated/α-hetero) is 1. The Bertz CT molecular complexity index is 668. The topological polar surface area (TPSA) is 67.2 Å². The predicted molar refractivity (Wildman–Crippen MR) is 86.5 cm³/mol. The van der Waals surface area contributed by atoms with Gasteiger partial charge in [0.2, 0.25) is 0 Å². The number of ketones is 1. The van der Waals surface area contributed by atoms with Crippen LogP contribution in [0.5, 0.6) is 0 Å². The Morgan fingerprint density at radius 3 is 2.57 bits per heavy atom. The van der Waals surface area contributed by atoms with Crippen LogP contribution in [0.25, 0.3) is 0 Å². The van der Waals surface area contributed by atoms with Crippen molar-refractivity contribution in [3.05, 3.63) is 47.5 Å². The number of allylic oxidation sites excluding steroid dienone is 2. The Kier molecular flexibility index (Phi) is 5.00. The summed E-state index contributed by atoms with van der Waals surface area (Å²) in [6.45, 7) is 5.79. The van der Waals surface area contributed by atoms with Gasteiger partial charge in [-0.25, -0.2) is 0 Å². The molecule has 0 amide bonds. The van der Waals surface area contributed by atoms with Crippen molar-refractivity contribution in [3.63, 3.8) is 0 Å². The van der Waals surface area contributed by atoms with Crippen LogP contribution in [0, 0.1) is 28.6 Å². The first-order valence-electron chi connectivity index (χ1n) is 7.71. The number of hydrogen-bond acceptors (Lipinski definition) is 4. The largest absolute Gasteiger partial charge is 0.465 e. The zero-order chi connectivity index (χ0) is 17.0. The molecule has 120 valence electrons. The maximum atomic E-state index is 12.2. The van der Waals surface area contributed by atoms with E-state index in [9.17, 15) is 9.59 Å². The van der Waals surface area contributed by atoms with E-state index in [2.05, 4.69) is 6.07 Å². The van der Waals surface area contributed by atoms with Gasteiger partial charge < -0.3 is 4.74 Å². The monoisotopic (exact) mass is 311 g/mol. The van der Waals surface area contributed by atoms with Crippen LogP contribution < -0.4 is 0 Å². The third kappa shape index (κ3) is 3.87. The minimum Gasteiger partial charge on any atom is -0.465 e. The van der Waals surface area contributed by atoms with Crippen LogP contribution in [0.2, 0.25) is 0 Å². The van der Waals surface area contributed by atoms with Crippen LogP contribution in [-0.4, -0.2) is 18.4 Å². The Hall–Kier alpha value is -2.41. The van der Waals surface area contributed by atoms with Gasteiger partial charge in [-0.15, -0.1) is 0 Å². The Balaban J connectivity index is 1.84. The second kappa shape index (κ2) is 6.78. The molecule has 4 nitrogen and oxygen atoms in total. The molecule has 1 aliphatic carbocycles. The SMILES string of the molecule is CC(C#N)=CC1C(C(=O)OCCC(=O)c2ccccc2)C1(C)C.